The number of aliphatic hydroxyl groups excluding tert-OH is 1. The Labute approximate surface area is 164 Å². The van der Waals surface area contributed by atoms with E-state index in [-0.39, 0.29) is 6.61 Å². The van der Waals surface area contributed by atoms with Crippen LogP contribution in [0.5, 0.6) is 11.5 Å². The predicted molar refractivity (Wildman–Crippen MR) is 108 cm³/mol. The minimum Gasteiger partial charge on any atom is -0.497 e. The van der Waals surface area contributed by atoms with Gasteiger partial charge in [0.05, 0.1) is 26.5 Å². The molecule has 0 bridgehead atoms. The summed E-state index contributed by atoms with van der Waals surface area (Å²) in [5.74, 6) is 2.26. The molecular formula is C21H24N2O3S. The summed E-state index contributed by atoms with van der Waals surface area (Å²) in [4.78, 5) is 4.56. The van der Waals surface area contributed by atoms with Crippen molar-refractivity contribution in [2.75, 3.05) is 14.2 Å². The summed E-state index contributed by atoms with van der Waals surface area (Å²) in [5.41, 5.74) is 4.20. The Bertz CT molecular complexity index is 869. The molecule has 27 heavy (non-hydrogen) atoms. The molecule has 0 amide bonds. The van der Waals surface area contributed by atoms with Crippen LogP contribution in [0.25, 0.3) is 0 Å². The topological polar surface area (TPSA) is 56.5 Å². The summed E-state index contributed by atoms with van der Waals surface area (Å²) in [6.45, 7) is 2.73. The normalized spacial score (nSPS) is 10.8. The minimum atomic E-state index is -0.0680. The predicted octanol–water partition coefficient (Wildman–Crippen LogP) is 4.04. The smallest absolute Gasteiger partial charge is 0.168 e. The van der Waals surface area contributed by atoms with Gasteiger partial charge in [0.2, 0.25) is 0 Å². The first kappa shape index (κ1) is 19.3. The van der Waals surface area contributed by atoms with Crippen LogP contribution in [-0.2, 0) is 18.9 Å². The SMILES string of the molecule is COc1cc(CSc2nc(CO)cn2Cc2ccc(C)cc2)cc(OC)c1. The number of rotatable bonds is 8. The van der Waals surface area contributed by atoms with Crippen molar-refractivity contribution in [3.05, 3.63) is 71.0 Å². The molecule has 0 saturated heterocycles. The monoisotopic (exact) mass is 384 g/mol. The van der Waals surface area contributed by atoms with E-state index in [1.807, 2.05) is 24.4 Å². The lowest BCUT2D eigenvalue weighted by molar-refractivity contribution is 0.277. The van der Waals surface area contributed by atoms with Crippen molar-refractivity contribution in [2.45, 2.75) is 31.0 Å². The van der Waals surface area contributed by atoms with Gasteiger partial charge in [0.15, 0.2) is 5.16 Å². The van der Waals surface area contributed by atoms with Gasteiger partial charge in [0.1, 0.15) is 11.5 Å². The second-order valence-electron chi connectivity index (χ2n) is 6.30. The van der Waals surface area contributed by atoms with E-state index in [0.717, 1.165) is 34.5 Å². The van der Waals surface area contributed by atoms with Gasteiger partial charge in [0.25, 0.3) is 0 Å². The first-order chi connectivity index (χ1) is 13.1. The number of aromatic nitrogens is 2. The lowest BCUT2D eigenvalue weighted by Crippen LogP contribution is -2.00. The van der Waals surface area contributed by atoms with Crippen molar-refractivity contribution in [2.24, 2.45) is 0 Å². The zero-order valence-corrected chi connectivity index (χ0v) is 16.6. The van der Waals surface area contributed by atoms with E-state index in [2.05, 4.69) is 40.7 Å². The van der Waals surface area contributed by atoms with Crippen LogP contribution < -0.4 is 9.47 Å². The van der Waals surface area contributed by atoms with Gasteiger partial charge in [-0.05, 0) is 30.2 Å². The van der Waals surface area contributed by atoms with Crippen molar-refractivity contribution >= 4 is 11.8 Å². The molecule has 0 spiro atoms. The van der Waals surface area contributed by atoms with E-state index < -0.39 is 0 Å². The summed E-state index contributed by atoms with van der Waals surface area (Å²) in [6.07, 6.45) is 1.91. The lowest BCUT2D eigenvalue weighted by atomic mass is 10.1. The zero-order chi connectivity index (χ0) is 19.2. The molecule has 1 N–H and O–H groups in total. The van der Waals surface area contributed by atoms with E-state index in [1.54, 1.807) is 26.0 Å². The Kier molecular flexibility index (Phi) is 6.42. The van der Waals surface area contributed by atoms with Gasteiger partial charge in [-0.1, -0.05) is 41.6 Å². The van der Waals surface area contributed by atoms with Crippen LogP contribution in [-0.4, -0.2) is 28.9 Å². The molecule has 6 heteroatoms. The van der Waals surface area contributed by atoms with Gasteiger partial charge in [-0.15, -0.1) is 0 Å². The van der Waals surface area contributed by atoms with Crippen LogP contribution in [0.3, 0.4) is 0 Å². The highest BCUT2D eigenvalue weighted by Crippen LogP contribution is 2.28. The quantitative estimate of drug-likeness (QED) is 0.594. The highest BCUT2D eigenvalue weighted by Gasteiger charge is 2.10. The molecule has 0 atom stereocenters. The van der Waals surface area contributed by atoms with Crippen LogP contribution >= 0.6 is 11.8 Å². The van der Waals surface area contributed by atoms with Crippen LogP contribution in [0.2, 0.25) is 0 Å². The van der Waals surface area contributed by atoms with Gasteiger partial charge in [-0.2, -0.15) is 0 Å². The third-order valence-corrected chi connectivity index (χ3v) is 5.27. The Balaban J connectivity index is 1.78. The van der Waals surface area contributed by atoms with Crippen molar-refractivity contribution in [1.29, 1.82) is 0 Å². The minimum absolute atomic E-state index is 0.0680. The second kappa shape index (κ2) is 8.97. The molecule has 0 radical (unpaired) electrons. The van der Waals surface area contributed by atoms with Crippen LogP contribution in [0.1, 0.15) is 22.4 Å². The summed E-state index contributed by atoms with van der Waals surface area (Å²) < 4.78 is 12.8. The largest absolute Gasteiger partial charge is 0.497 e. The fourth-order valence-electron chi connectivity index (χ4n) is 2.74. The molecule has 3 aromatic rings. The maximum Gasteiger partial charge on any atom is 0.168 e. The number of nitrogens with zero attached hydrogens (tertiary/aromatic N) is 2. The number of aliphatic hydroxyl groups is 1. The molecule has 3 rings (SSSR count). The van der Waals surface area contributed by atoms with Crippen molar-refractivity contribution < 1.29 is 14.6 Å². The van der Waals surface area contributed by atoms with E-state index >= 15 is 0 Å². The molecule has 0 unspecified atom stereocenters. The Morgan fingerprint density at radius 1 is 1.00 bits per heavy atom. The van der Waals surface area contributed by atoms with Crippen LogP contribution in [0, 0.1) is 6.92 Å². The Morgan fingerprint density at radius 2 is 1.67 bits per heavy atom. The van der Waals surface area contributed by atoms with E-state index in [0.29, 0.717) is 5.69 Å². The Hall–Kier alpha value is -2.44. The molecule has 2 aromatic carbocycles. The number of hydrogen-bond acceptors (Lipinski definition) is 5. The van der Waals surface area contributed by atoms with E-state index in [1.165, 1.54) is 11.1 Å². The molecule has 0 aliphatic heterocycles. The number of thioether (sulfide) groups is 1. The van der Waals surface area contributed by atoms with Gasteiger partial charge in [-0.3, -0.25) is 0 Å². The summed E-state index contributed by atoms with van der Waals surface area (Å²) in [6, 6.07) is 14.3. The fourth-order valence-corrected chi connectivity index (χ4v) is 3.67. The second-order valence-corrected chi connectivity index (χ2v) is 7.24. The van der Waals surface area contributed by atoms with Gasteiger partial charge >= 0.3 is 0 Å². The maximum atomic E-state index is 9.48. The van der Waals surface area contributed by atoms with Crippen LogP contribution in [0.15, 0.2) is 53.8 Å². The highest BCUT2D eigenvalue weighted by atomic mass is 32.2. The molecule has 1 aromatic heterocycles. The zero-order valence-electron chi connectivity index (χ0n) is 15.8. The van der Waals surface area contributed by atoms with Crippen molar-refractivity contribution in [3.63, 3.8) is 0 Å². The number of aryl methyl sites for hydroxylation is 1. The molecule has 5 nitrogen and oxygen atoms in total. The molecule has 0 aliphatic rings. The first-order valence-electron chi connectivity index (χ1n) is 8.68. The van der Waals surface area contributed by atoms with Crippen molar-refractivity contribution in [1.82, 2.24) is 9.55 Å². The summed E-state index contributed by atoms with van der Waals surface area (Å²) in [7, 11) is 3.29. The maximum absolute atomic E-state index is 9.48. The number of ether oxygens (including phenoxy) is 2. The first-order valence-corrected chi connectivity index (χ1v) is 9.67. The van der Waals surface area contributed by atoms with Gasteiger partial charge < -0.3 is 19.1 Å². The van der Waals surface area contributed by atoms with E-state index in [9.17, 15) is 5.11 Å². The van der Waals surface area contributed by atoms with Crippen LogP contribution in [0.4, 0.5) is 0 Å². The van der Waals surface area contributed by atoms with Gasteiger partial charge in [0, 0.05) is 24.6 Å². The third-order valence-electron chi connectivity index (χ3n) is 4.20. The molecular weight excluding hydrogens is 360 g/mol. The molecule has 142 valence electrons. The summed E-state index contributed by atoms with van der Waals surface area (Å²) >= 11 is 1.63. The third kappa shape index (κ3) is 5.05. The van der Waals surface area contributed by atoms with Gasteiger partial charge in [-0.25, -0.2) is 4.98 Å². The average Bonchev–Trinajstić information content (AvgIpc) is 3.09. The standard InChI is InChI=1S/C21H24N2O3S/c1-15-4-6-16(7-5-15)11-23-12-18(13-24)22-21(23)27-14-17-8-19(25-2)10-20(9-17)26-3/h4-10,12,24H,11,13-14H2,1-3H3. The number of methoxy groups -OCH3 is 2. The molecule has 0 fully saturated rings. The fraction of sp³-hybridized carbons (Fsp3) is 0.286. The highest BCUT2D eigenvalue weighted by molar-refractivity contribution is 7.98. The van der Waals surface area contributed by atoms with E-state index in [4.69, 9.17) is 9.47 Å². The molecule has 0 aliphatic carbocycles. The molecule has 1 heterocycles. The number of hydrogen-bond donors (Lipinski definition) is 1. The molecule has 0 saturated carbocycles. The number of imidazole rings is 1. The number of benzene rings is 2. The Morgan fingerprint density at radius 3 is 2.26 bits per heavy atom. The lowest BCUT2D eigenvalue weighted by Gasteiger charge is -2.10. The average molecular weight is 385 g/mol. The van der Waals surface area contributed by atoms with Crippen molar-refractivity contribution in [3.8, 4) is 11.5 Å². The summed E-state index contributed by atoms with van der Waals surface area (Å²) in [5, 5.41) is 10.4.